The van der Waals surface area contributed by atoms with Gasteiger partial charge in [0.2, 0.25) is 0 Å². The lowest BCUT2D eigenvalue weighted by Gasteiger charge is -2.16. The minimum atomic E-state index is -0.369. The molecule has 0 saturated carbocycles. The smallest absolute Gasteiger partial charge is 0.126 e. The molecule has 2 rings (SSSR count). The van der Waals surface area contributed by atoms with E-state index in [4.69, 9.17) is 23.2 Å². The highest BCUT2D eigenvalue weighted by molar-refractivity contribution is 6.31. The summed E-state index contributed by atoms with van der Waals surface area (Å²) in [6, 6.07) is 4.03. The molecule has 5 N–H and O–H groups in total. The largest absolute Gasteiger partial charge is 0.384 e. The summed E-state index contributed by atoms with van der Waals surface area (Å²) in [4.78, 5) is 0. The maximum Gasteiger partial charge on any atom is 0.126 e. The van der Waals surface area contributed by atoms with Crippen LogP contribution >= 0.6 is 11.6 Å². The lowest BCUT2D eigenvalue weighted by molar-refractivity contribution is 0.552. The summed E-state index contributed by atoms with van der Waals surface area (Å²) in [6.07, 6.45) is 2.14. The standard InChI is InChI=1S/C12H15ClFN5/c1-19-12(15)9(6-17-19)11(18-16)4-7-2-3-8(14)5-10(7)13/h2-3,5-6,11,18H,4,15-16H2,1H3. The number of halogens is 2. The average molecular weight is 284 g/mol. The zero-order valence-electron chi connectivity index (χ0n) is 10.4. The van der Waals surface area contributed by atoms with E-state index >= 15 is 0 Å². The number of nitrogen functional groups attached to an aromatic ring is 1. The van der Waals surface area contributed by atoms with E-state index in [9.17, 15) is 4.39 Å². The second-order valence-corrected chi connectivity index (χ2v) is 4.68. The molecule has 19 heavy (non-hydrogen) atoms. The third-order valence-electron chi connectivity index (χ3n) is 3.03. The van der Waals surface area contributed by atoms with Crippen molar-refractivity contribution in [1.29, 1.82) is 0 Å². The Kier molecular flexibility index (Phi) is 4.04. The van der Waals surface area contributed by atoms with Gasteiger partial charge >= 0.3 is 0 Å². The first kappa shape index (κ1) is 13.8. The Bertz CT molecular complexity index is 583. The molecule has 0 bridgehead atoms. The van der Waals surface area contributed by atoms with Gasteiger partial charge in [0.15, 0.2) is 0 Å². The first-order chi connectivity index (χ1) is 9.02. The van der Waals surface area contributed by atoms with Crippen LogP contribution in [0.25, 0.3) is 0 Å². The molecule has 102 valence electrons. The Morgan fingerprint density at radius 2 is 2.26 bits per heavy atom. The lowest BCUT2D eigenvalue weighted by atomic mass is 10.0. The van der Waals surface area contributed by atoms with Gasteiger partial charge in [-0.05, 0) is 24.1 Å². The molecule has 0 aliphatic heterocycles. The van der Waals surface area contributed by atoms with Crippen molar-refractivity contribution in [3.63, 3.8) is 0 Å². The second kappa shape index (κ2) is 5.56. The molecule has 1 heterocycles. The number of nitrogens with zero attached hydrogens (tertiary/aromatic N) is 2. The first-order valence-electron chi connectivity index (χ1n) is 5.70. The molecule has 5 nitrogen and oxygen atoms in total. The van der Waals surface area contributed by atoms with Crippen molar-refractivity contribution in [3.05, 3.63) is 46.4 Å². The van der Waals surface area contributed by atoms with Crippen molar-refractivity contribution in [3.8, 4) is 0 Å². The highest BCUT2D eigenvalue weighted by atomic mass is 35.5. The summed E-state index contributed by atoms with van der Waals surface area (Å²) >= 11 is 6.00. The minimum absolute atomic E-state index is 0.239. The fraction of sp³-hybridized carbons (Fsp3) is 0.250. The Hall–Kier alpha value is -1.63. The summed E-state index contributed by atoms with van der Waals surface area (Å²) in [6.45, 7) is 0. The molecule has 0 amide bonds. The van der Waals surface area contributed by atoms with E-state index in [-0.39, 0.29) is 11.9 Å². The number of benzene rings is 1. The summed E-state index contributed by atoms with van der Waals surface area (Å²) in [7, 11) is 1.75. The van der Waals surface area contributed by atoms with Crippen molar-refractivity contribution in [1.82, 2.24) is 15.2 Å². The van der Waals surface area contributed by atoms with Crippen LogP contribution in [0.15, 0.2) is 24.4 Å². The molecular formula is C12H15ClFN5. The number of hydrazine groups is 1. The van der Waals surface area contributed by atoms with Crippen molar-refractivity contribution in [2.75, 3.05) is 5.73 Å². The number of hydrogen-bond acceptors (Lipinski definition) is 4. The van der Waals surface area contributed by atoms with Gasteiger partial charge in [-0.2, -0.15) is 5.10 Å². The van der Waals surface area contributed by atoms with Gasteiger partial charge in [0.05, 0.1) is 12.2 Å². The van der Waals surface area contributed by atoms with E-state index < -0.39 is 0 Å². The number of nitrogens with two attached hydrogens (primary N) is 2. The van der Waals surface area contributed by atoms with Crippen molar-refractivity contribution >= 4 is 17.4 Å². The zero-order valence-corrected chi connectivity index (χ0v) is 11.2. The molecule has 0 aliphatic rings. The van der Waals surface area contributed by atoms with Crippen LogP contribution in [0.1, 0.15) is 17.2 Å². The SMILES string of the molecule is Cn1ncc(C(Cc2ccc(F)cc2Cl)NN)c1N. The summed E-state index contributed by atoms with van der Waals surface area (Å²) in [5.74, 6) is 5.71. The normalized spacial score (nSPS) is 12.6. The monoisotopic (exact) mass is 283 g/mol. The third kappa shape index (κ3) is 2.86. The van der Waals surface area contributed by atoms with Crippen molar-refractivity contribution in [2.45, 2.75) is 12.5 Å². The molecule has 2 aromatic rings. The fourth-order valence-electron chi connectivity index (χ4n) is 1.90. The van der Waals surface area contributed by atoms with E-state index in [1.165, 1.54) is 12.1 Å². The molecule has 0 spiro atoms. The molecule has 0 saturated heterocycles. The van der Waals surface area contributed by atoms with Gasteiger partial charge in [-0.3, -0.25) is 16.0 Å². The molecule has 0 fully saturated rings. The number of hydrogen-bond donors (Lipinski definition) is 3. The predicted octanol–water partition coefficient (Wildman–Crippen LogP) is 1.54. The highest BCUT2D eigenvalue weighted by Gasteiger charge is 2.18. The summed E-state index contributed by atoms with van der Waals surface area (Å²) in [5, 5.41) is 4.43. The first-order valence-corrected chi connectivity index (χ1v) is 6.08. The van der Waals surface area contributed by atoms with E-state index in [0.29, 0.717) is 17.3 Å². The van der Waals surface area contributed by atoms with Gasteiger partial charge in [-0.15, -0.1) is 0 Å². The van der Waals surface area contributed by atoms with E-state index in [1.807, 2.05) is 0 Å². The quantitative estimate of drug-likeness (QED) is 0.587. The zero-order chi connectivity index (χ0) is 14.0. The molecule has 7 heteroatoms. The predicted molar refractivity (Wildman–Crippen MR) is 72.8 cm³/mol. The topological polar surface area (TPSA) is 81.9 Å². The van der Waals surface area contributed by atoms with E-state index in [2.05, 4.69) is 10.5 Å². The van der Waals surface area contributed by atoms with Gasteiger partial charge in [-0.25, -0.2) is 4.39 Å². The van der Waals surface area contributed by atoms with Crippen LogP contribution in [-0.2, 0) is 13.5 Å². The molecule has 1 atom stereocenters. The Balaban J connectivity index is 2.26. The average Bonchev–Trinajstić information content (AvgIpc) is 2.70. The molecule has 1 aromatic carbocycles. The third-order valence-corrected chi connectivity index (χ3v) is 3.38. The second-order valence-electron chi connectivity index (χ2n) is 4.27. The van der Waals surface area contributed by atoms with Crippen molar-refractivity contribution in [2.24, 2.45) is 12.9 Å². The van der Waals surface area contributed by atoms with Gasteiger partial charge in [0.1, 0.15) is 11.6 Å². The number of rotatable bonds is 4. The molecule has 0 radical (unpaired) electrons. The summed E-state index contributed by atoms with van der Waals surface area (Å²) < 4.78 is 14.6. The fourth-order valence-corrected chi connectivity index (χ4v) is 2.14. The van der Waals surface area contributed by atoms with Gasteiger partial charge in [0.25, 0.3) is 0 Å². The molecular weight excluding hydrogens is 269 g/mol. The number of aromatic nitrogens is 2. The van der Waals surface area contributed by atoms with Gasteiger partial charge in [-0.1, -0.05) is 17.7 Å². The van der Waals surface area contributed by atoms with Gasteiger partial charge in [0, 0.05) is 17.6 Å². The van der Waals surface area contributed by atoms with E-state index in [0.717, 1.165) is 11.1 Å². The van der Waals surface area contributed by atoms with Crippen LogP contribution < -0.4 is 17.0 Å². The lowest BCUT2D eigenvalue weighted by Crippen LogP contribution is -2.30. The Labute approximate surface area is 115 Å². The van der Waals surface area contributed by atoms with Crippen LogP contribution in [0.3, 0.4) is 0 Å². The summed E-state index contributed by atoms with van der Waals surface area (Å²) in [5.41, 5.74) is 10.2. The van der Waals surface area contributed by atoms with Gasteiger partial charge < -0.3 is 5.73 Å². The van der Waals surface area contributed by atoms with Crippen LogP contribution in [-0.4, -0.2) is 9.78 Å². The minimum Gasteiger partial charge on any atom is -0.384 e. The van der Waals surface area contributed by atoms with E-state index in [1.54, 1.807) is 24.0 Å². The van der Waals surface area contributed by atoms with Crippen LogP contribution in [0.4, 0.5) is 10.2 Å². The van der Waals surface area contributed by atoms with Crippen LogP contribution in [0, 0.1) is 5.82 Å². The van der Waals surface area contributed by atoms with Crippen LogP contribution in [0.5, 0.6) is 0 Å². The maximum atomic E-state index is 13.0. The highest BCUT2D eigenvalue weighted by Crippen LogP contribution is 2.26. The molecule has 1 aromatic heterocycles. The maximum absolute atomic E-state index is 13.0. The Morgan fingerprint density at radius 3 is 2.79 bits per heavy atom. The number of nitrogens with one attached hydrogen (secondary N) is 1. The molecule has 1 unspecified atom stereocenters. The van der Waals surface area contributed by atoms with Crippen LogP contribution in [0.2, 0.25) is 5.02 Å². The molecule has 0 aliphatic carbocycles. The van der Waals surface area contributed by atoms with Crippen molar-refractivity contribution < 1.29 is 4.39 Å². The Morgan fingerprint density at radius 1 is 1.53 bits per heavy atom. The number of anilines is 1. The number of aryl methyl sites for hydroxylation is 1.